The van der Waals surface area contributed by atoms with Crippen molar-refractivity contribution in [1.82, 2.24) is 4.98 Å². The maximum atomic E-state index is 10.4. The molecule has 1 N–H and O–H groups in total. The minimum Gasteiger partial charge on any atom is -0.382 e. The van der Waals surface area contributed by atoms with Crippen LogP contribution in [0.4, 0.5) is 5.69 Å². The number of pyridine rings is 1. The van der Waals surface area contributed by atoms with Crippen LogP contribution in [0.3, 0.4) is 0 Å². The molecule has 2 aromatic rings. The number of nitrogens with zero attached hydrogens (tertiary/aromatic N) is 3. The highest BCUT2D eigenvalue weighted by molar-refractivity contribution is 6.31. The molecule has 122 valence electrons. The highest BCUT2D eigenvalue weighted by Crippen LogP contribution is 2.24. The third-order valence-corrected chi connectivity index (χ3v) is 3.06. The van der Waals surface area contributed by atoms with E-state index in [9.17, 15) is 20.2 Å². The molecule has 23 heavy (non-hydrogen) atoms. The average molecular weight is 343 g/mol. The van der Waals surface area contributed by atoms with Gasteiger partial charge in [0.2, 0.25) is 0 Å². The van der Waals surface area contributed by atoms with E-state index in [1.54, 1.807) is 24.3 Å². The number of fused-ring (bicyclic) bond motifs is 1. The lowest BCUT2D eigenvalue weighted by Crippen LogP contribution is -2.31. The van der Waals surface area contributed by atoms with Gasteiger partial charge in [-0.25, -0.2) is 0 Å². The fourth-order valence-electron chi connectivity index (χ4n) is 1.89. The van der Waals surface area contributed by atoms with Crippen LogP contribution in [0.1, 0.15) is 0 Å². The van der Waals surface area contributed by atoms with Gasteiger partial charge in [0, 0.05) is 28.8 Å². The smallest absolute Gasteiger partial charge is 0.294 e. The average Bonchev–Trinajstić information content (AvgIpc) is 2.49. The summed E-state index contributed by atoms with van der Waals surface area (Å²) in [6, 6.07) is 6.75. The minimum atomic E-state index is -1.15. The SMILES string of the molecule is O=[N+]([O-])OCC(CNc1ccnc2cc(Cl)ccc12)O[N+](=O)[O-]. The number of aromatic nitrogens is 1. The molecule has 0 aliphatic rings. The number of hydrogen-bond acceptors (Lipinski definition) is 8. The molecule has 0 spiro atoms. The predicted octanol–water partition coefficient (Wildman–Crippen LogP) is 2.09. The molecule has 0 aliphatic heterocycles. The second-order valence-corrected chi connectivity index (χ2v) is 4.81. The van der Waals surface area contributed by atoms with Gasteiger partial charge in [-0.2, -0.15) is 0 Å². The van der Waals surface area contributed by atoms with Crippen molar-refractivity contribution in [3.63, 3.8) is 0 Å². The number of halogens is 1. The molecule has 1 aromatic carbocycles. The number of benzene rings is 1. The summed E-state index contributed by atoms with van der Waals surface area (Å²) in [6.07, 6.45) is 0.392. The van der Waals surface area contributed by atoms with Crippen molar-refractivity contribution < 1.29 is 19.8 Å². The molecule has 1 aromatic heterocycles. The lowest BCUT2D eigenvalue weighted by Gasteiger charge is -2.16. The first-order chi connectivity index (χ1) is 11.0. The molecule has 0 aliphatic carbocycles. The van der Waals surface area contributed by atoms with Gasteiger partial charge < -0.3 is 15.0 Å². The molecule has 0 saturated heterocycles. The van der Waals surface area contributed by atoms with E-state index in [0.29, 0.717) is 16.2 Å². The molecular formula is C12H11ClN4O6. The van der Waals surface area contributed by atoms with Crippen molar-refractivity contribution in [2.24, 2.45) is 0 Å². The second kappa shape index (κ2) is 7.40. The van der Waals surface area contributed by atoms with Crippen LogP contribution in [0, 0.1) is 20.2 Å². The van der Waals surface area contributed by atoms with E-state index in [0.717, 1.165) is 5.39 Å². The van der Waals surface area contributed by atoms with Gasteiger partial charge >= 0.3 is 0 Å². The molecule has 0 amide bonds. The number of nitrogens with one attached hydrogen (secondary N) is 1. The lowest BCUT2D eigenvalue weighted by atomic mass is 10.2. The first-order valence-electron chi connectivity index (χ1n) is 6.32. The van der Waals surface area contributed by atoms with Crippen molar-refractivity contribution >= 4 is 28.2 Å². The van der Waals surface area contributed by atoms with Gasteiger partial charge in [0.05, 0.1) is 5.52 Å². The van der Waals surface area contributed by atoms with E-state index < -0.39 is 22.9 Å². The quantitative estimate of drug-likeness (QED) is 0.570. The van der Waals surface area contributed by atoms with E-state index in [1.807, 2.05) is 0 Å². The minimum absolute atomic E-state index is 0.0729. The van der Waals surface area contributed by atoms with Gasteiger partial charge in [0.25, 0.3) is 10.2 Å². The number of anilines is 1. The largest absolute Gasteiger partial charge is 0.382 e. The normalized spacial score (nSPS) is 11.7. The molecule has 0 fully saturated rings. The molecule has 10 nitrogen and oxygen atoms in total. The Morgan fingerprint density at radius 3 is 2.74 bits per heavy atom. The van der Waals surface area contributed by atoms with Gasteiger partial charge in [-0.3, -0.25) is 4.98 Å². The van der Waals surface area contributed by atoms with Crippen molar-refractivity contribution in [3.05, 3.63) is 55.7 Å². The Morgan fingerprint density at radius 1 is 1.26 bits per heavy atom. The van der Waals surface area contributed by atoms with E-state index in [4.69, 9.17) is 11.6 Å². The molecule has 2 rings (SSSR count). The monoisotopic (exact) mass is 342 g/mol. The Labute approximate surface area is 134 Å². The fraction of sp³-hybridized carbons (Fsp3) is 0.250. The predicted molar refractivity (Wildman–Crippen MR) is 80.1 cm³/mol. The zero-order valence-electron chi connectivity index (χ0n) is 11.5. The zero-order valence-corrected chi connectivity index (χ0v) is 12.3. The van der Waals surface area contributed by atoms with Crippen LogP contribution >= 0.6 is 11.6 Å². The van der Waals surface area contributed by atoms with E-state index in [-0.39, 0.29) is 6.54 Å². The van der Waals surface area contributed by atoms with E-state index in [2.05, 4.69) is 20.0 Å². The molecule has 0 radical (unpaired) electrons. The van der Waals surface area contributed by atoms with Gasteiger partial charge in [0.1, 0.15) is 12.7 Å². The van der Waals surface area contributed by atoms with Gasteiger partial charge in [0.15, 0.2) is 0 Å². The highest BCUT2D eigenvalue weighted by Gasteiger charge is 2.16. The zero-order chi connectivity index (χ0) is 16.8. The summed E-state index contributed by atoms with van der Waals surface area (Å²) in [5.74, 6) is 0. The highest BCUT2D eigenvalue weighted by atomic mass is 35.5. The summed E-state index contributed by atoms with van der Waals surface area (Å²) in [6.45, 7) is -0.646. The Kier molecular flexibility index (Phi) is 5.31. The fourth-order valence-corrected chi connectivity index (χ4v) is 2.06. The van der Waals surface area contributed by atoms with Crippen molar-refractivity contribution in [2.75, 3.05) is 18.5 Å². The van der Waals surface area contributed by atoms with Crippen LogP contribution in [-0.4, -0.2) is 34.4 Å². The number of hydrogen-bond donors (Lipinski definition) is 1. The maximum Gasteiger partial charge on any atom is 0.294 e. The van der Waals surface area contributed by atoms with Crippen LogP contribution in [0.5, 0.6) is 0 Å². The Hall–Kier alpha value is -2.88. The summed E-state index contributed by atoms with van der Waals surface area (Å²) in [5, 5.41) is 22.7. The molecule has 1 unspecified atom stereocenters. The van der Waals surface area contributed by atoms with Crippen LogP contribution in [0.25, 0.3) is 10.9 Å². The van der Waals surface area contributed by atoms with Gasteiger partial charge in [-0.15, -0.1) is 20.2 Å². The summed E-state index contributed by atoms with van der Waals surface area (Å²) < 4.78 is 0. The Bertz CT molecular complexity index is 728. The lowest BCUT2D eigenvalue weighted by molar-refractivity contribution is -0.789. The van der Waals surface area contributed by atoms with Crippen LogP contribution in [0.15, 0.2) is 30.5 Å². The van der Waals surface area contributed by atoms with E-state index in [1.165, 1.54) is 6.20 Å². The summed E-state index contributed by atoms with van der Waals surface area (Å²) >= 11 is 5.89. The van der Waals surface area contributed by atoms with Crippen LogP contribution in [0.2, 0.25) is 5.02 Å². The Morgan fingerprint density at radius 2 is 2.04 bits per heavy atom. The first kappa shape index (κ1) is 16.5. The molecule has 1 atom stereocenters. The summed E-state index contributed by atoms with van der Waals surface area (Å²) in [7, 11) is 0. The Balaban J connectivity index is 2.10. The van der Waals surface area contributed by atoms with Crippen LogP contribution < -0.4 is 5.32 Å². The van der Waals surface area contributed by atoms with Crippen molar-refractivity contribution in [2.45, 2.75) is 6.10 Å². The molecule has 11 heteroatoms. The topological polar surface area (TPSA) is 130 Å². The molecule has 0 saturated carbocycles. The van der Waals surface area contributed by atoms with Gasteiger partial charge in [-0.1, -0.05) is 11.6 Å². The van der Waals surface area contributed by atoms with E-state index >= 15 is 0 Å². The summed E-state index contributed by atoms with van der Waals surface area (Å²) in [5.41, 5.74) is 1.26. The maximum absolute atomic E-state index is 10.4. The van der Waals surface area contributed by atoms with Crippen molar-refractivity contribution in [1.29, 1.82) is 0 Å². The first-order valence-corrected chi connectivity index (χ1v) is 6.70. The second-order valence-electron chi connectivity index (χ2n) is 4.37. The summed E-state index contributed by atoms with van der Waals surface area (Å²) in [4.78, 5) is 33.2. The molecule has 0 bridgehead atoms. The third kappa shape index (κ3) is 4.81. The molecule has 1 heterocycles. The van der Waals surface area contributed by atoms with Gasteiger partial charge in [-0.05, 0) is 24.3 Å². The van der Waals surface area contributed by atoms with Crippen molar-refractivity contribution in [3.8, 4) is 0 Å². The third-order valence-electron chi connectivity index (χ3n) is 2.83. The standard InChI is InChI=1S/C12H11ClN4O6/c13-8-1-2-10-11(3-4-14-12(10)5-8)15-6-9(23-17(20)21)7-22-16(18)19/h1-5,9H,6-7H2,(H,14,15). The number of rotatable bonds is 8. The van der Waals surface area contributed by atoms with Crippen LogP contribution in [-0.2, 0) is 9.68 Å². The molecular weight excluding hydrogens is 332 g/mol.